The molecule has 0 aliphatic rings. The van der Waals surface area contributed by atoms with Gasteiger partial charge in [0.1, 0.15) is 6.29 Å². The number of carbonyl (C=O) groups excluding carboxylic acids is 1. The van der Waals surface area contributed by atoms with Crippen LogP contribution in [0.1, 0.15) is 10.4 Å². The number of nitrogens with zero attached hydrogens (tertiary/aromatic N) is 2. The Balaban J connectivity index is 2.89. The van der Waals surface area contributed by atoms with E-state index in [1.54, 1.807) is 0 Å². The van der Waals surface area contributed by atoms with Gasteiger partial charge in [0.05, 0.1) is 4.83 Å². The van der Waals surface area contributed by atoms with Crippen LogP contribution in [-0.2, 0) is 4.79 Å². The van der Waals surface area contributed by atoms with Crippen molar-refractivity contribution in [2.75, 3.05) is 0 Å². The minimum absolute atomic E-state index is 0.180. The minimum atomic E-state index is -0.347. The topological polar surface area (TPSA) is 42.9 Å². The molecule has 11 heavy (non-hydrogen) atoms. The SMILES string of the molecule is O=CC(Br)c1cnc(Cl)nc1. The van der Waals surface area contributed by atoms with Gasteiger partial charge in [-0.05, 0) is 11.6 Å². The van der Waals surface area contributed by atoms with Crippen LogP contribution < -0.4 is 0 Å². The molecule has 0 spiro atoms. The lowest BCUT2D eigenvalue weighted by molar-refractivity contribution is -0.107. The van der Waals surface area contributed by atoms with E-state index in [0.717, 1.165) is 6.29 Å². The lowest BCUT2D eigenvalue weighted by Crippen LogP contribution is -1.93. The van der Waals surface area contributed by atoms with E-state index in [0.29, 0.717) is 5.56 Å². The summed E-state index contributed by atoms with van der Waals surface area (Å²) in [6, 6.07) is 0. The van der Waals surface area contributed by atoms with E-state index >= 15 is 0 Å². The molecule has 0 amide bonds. The lowest BCUT2D eigenvalue weighted by Gasteiger charge is -1.98. The summed E-state index contributed by atoms with van der Waals surface area (Å²) in [7, 11) is 0. The molecular weight excluding hydrogens is 231 g/mol. The minimum Gasteiger partial charge on any atom is -0.302 e. The van der Waals surface area contributed by atoms with Crippen molar-refractivity contribution in [3.63, 3.8) is 0 Å². The van der Waals surface area contributed by atoms with Gasteiger partial charge in [0, 0.05) is 18.0 Å². The molecule has 1 aromatic rings. The number of halogens is 2. The first-order valence-electron chi connectivity index (χ1n) is 2.81. The number of aromatic nitrogens is 2. The zero-order chi connectivity index (χ0) is 8.27. The highest BCUT2D eigenvalue weighted by Gasteiger charge is 2.05. The van der Waals surface area contributed by atoms with Crippen molar-refractivity contribution < 1.29 is 4.79 Å². The first-order valence-corrected chi connectivity index (χ1v) is 4.10. The first-order chi connectivity index (χ1) is 5.24. The van der Waals surface area contributed by atoms with Crippen LogP contribution in [0.15, 0.2) is 12.4 Å². The molecule has 0 bridgehead atoms. The number of aldehydes is 1. The van der Waals surface area contributed by atoms with Gasteiger partial charge in [-0.25, -0.2) is 9.97 Å². The summed E-state index contributed by atoms with van der Waals surface area (Å²) in [5.74, 6) is 0. The quantitative estimate of drug-likeness (QED) is 0.446. The zero-order valence-corrected chi connectivity index (χ0v) is 7.71. The van der Waals surface area contributed by atoms with Gasteiger partial charge >= 0.3 is 0 Å². The van der Waals surface area contributed by atoms with Crippen molar-refractivity contribution >= 4 is 33.8 Å². The highest BCUT2D eigenvalue weighted by Crippen LogP contribution is 2.18. The van der Waals surface area contributed by atoms with Gasteiger partial charge < -0.3 is 4.79 Å². The van der Waals surface area contributed by atoms with Crippen molar-refractivity contribution in [2.45, 2.75) is 4.83 Å². The molecule has 0 N–H and O–H groups in total. The maximum absolute atomic E-state index is 10.3. The fraction of sp³-hybridized carbons (Fsp3) is 0.167. The molecule has 1 rings (SSSR count). The highest BCUT2D eigenvalue weighted by molar-refractivity contribution is 9.09. The summed E-state index contributed by atoms with van der Waals surface area (Å²) >= 11 is 8.55. The van der Waals surface area contributed by atoms with E-state index in [4.69, 9.17) is 11.6 Å². The molecule has 0 saturated heterocycles. The molecule has 1 heterocycles. The Bertz CT molecular complexity index is 251. The molecule has 3 nitrogen and oxygen atoms in total. The summed E-state index contributed by atoms with van der Waals surface area (Å²) in [5.41, 5.74) is 0.699. The van der Waals surface area contributed by atoms with Crippen LogP contribution in [0.5, 0.6) is 0 Å². The molecule has 0 aromatic carbocycles. The molecule has 0 radical (unpaired) electrons. The number of hydrogen-bond acceptors (Lipinski definition) is 3. The summed E-state index contributed by atoms with van der Waals surface area (Å²) in [6.45, 7) is 0. The van der Waals surface area contributed by atoms with E-state index in [1.807, 2.05) is 0 Å². The summed E-state index contributed by atoms with van der Waals surface area (Å²) in [5, 5.41) is 0.180. The van der Waals surface area contributed by atoms with Gasteiger partial charge in [0.15, 0.2) is 0 Å². The fourth-order valence-electron chi connectivity index (χ4n) is 0.543. The van der Waals surface area contributed by atoms with Gasteiger partial charge in [-0.2, -0.15) is 0 Å². The number of carbonyl (C=O) groups is 1. The Morgan fingerprint density at radius 3 is 2.55 bits per heavy atom. The van der Waals surface area contributed by atoms with Crippen molar-refractivity contribution in [3.05, 3.63) is 23.2 Å². The van der Waals surface area contributed by atoms with Crippen LogP contribution in [0.3, 0.4) is 0 Å². The van der Waals surface area contributed by atoms with Gasteiger partial charge in [-0.1, -0.05) is 15.9 Å². The standard InChI is InChI=1S/C6H4BrClN2O/c7-5(3-11)4-1-9-6(8)10-2-4/h1-3,5H. The van der Waals surface area contributed by atoms with E-state index in [9.17, 15) is 4.79 Å². The third kappa shape index (κ3) is 2.24. The van der Waals surface area contributed by atoms with Crippen LogP contribution in [0.4, 0.5) is 0 Å². The second-order valence-corrected chi connectivity index (χ2v) is 3.15. The maximum atomic E-state index is 10.3. The first kappa shape index (κ1) is 8.62. The smallest absolute Gasteiger partial charge is 0.222 e. The summed E-state index contributed by atoms with van der Waals surface area (Å²) in [4.78, 5) is 17.3. The molecule has 5 heteroatoms. The van der Waals surface area contributed by atoms with Crippen molar-refractivity contribution in [1.29, 1.82) is 0 Å². The van der Waals surface area contributed by atoms with Crippen molar-refractivity contribution in [3.8, 4) is 0 Å². The van der Waals surface area contributed by atoms with E-state index < -0.39 is 0 Å². The summed E-state index contributed by atoms with van der Waals surface area (Å²) in [6.07, 6.45) is 3.76. The van der Waals surface area contributed by atoms with Gasteiger partial charge in [0.25, 0.3) is 0 Å². The average Bonchev–Trinajstić information content (AvgIpc) is 2.05. The number of hydrogen-bond donors (Lipinski definition) is 0. The second kappa shape index (κ2) is 3.78. The molecule has 0 saturated carbocycles. The summed E-state index contributed by atoms with van der Waals surface area (Å²) < 4.78 is 0. The van der Waals surface area contributed by atoms with Crippen LogP contribution in [-0.4, -0.2) is 16.3 Å². The Labute approximate surface area is 76.9 Å². The molecule has 0 aliphatic heterocycles. The molecular formula is C6H4BrClN2O. The third-order valence-electron chi connectivity index (χ3n) is 1.08. The van der Waals surface area contributed by atoms with Crippen LogP contribution >= 0.6 is 27.5 Å². The molecule has 1 unspecified atom stereocenters. The number of rotatable bonds is 2. The van der Waals surface area contributed by atoms with Gasteiger partial charge in [-0.3, -0.25) is 0 Å². The molecule has 1 atom stereocenters. The van der Waals surface area contributed by atoms with Crippen LogP contribution in [0.2, 0.25) is 5.28 Å². The molecule has 1 aromatic heterocycles. The van der Waals surface area contributed by atoms with Crippen molar-refractivity contribution in [1.82, 2.24) is 9.97 Å². The lowest BCUT2D eigenvalue weighted by atomic mass is 10.3. The zero-order valence-electron chi connectivity index (χ0n) is 5.37. The van der Waals surface area contributed by atoms with E-state index in [1.165, 1.54) is 12.4 Å². The molecule has 58 valence electrons. The Morgan fingerprint density at radius 1 is 1.55 bits per heavy atom. The molecule has 0 fully saturated rings. The Kier molecular flexibility index (Phi) is 2.96. The van der Waals surface area contributed by atoms with Crippen LogP contribution in [0, 0.1) is 0 Å². The van der Waals surface area contributed by atoms with Crippen molar-refractivity contribution in [2.24, 2.45) is 0 Å². The Morgan fingerprint density at radius 2 is 2.09 bits per heavy atom. The molecule has 0 aliphatic carbocycles. The predicted octanol–water partition coefficient (Wildman–Crippen LogP) is 1.76. The average molecular weight is 235 g/mol. The Hall–Kier alpha value is -0.480. The predicted molar refractivity (Wildman–Crippen MR) is 44.8 cm³/mol. The fourth-order valence-corrected chi connectivity index (χ4v) is 0.877. The maximum Gasteiger partial charge on any atom is 0.222 e. The number of alkyl halides is 1. The van der Waals surface area contributed by atoms with E-state index in [2.05, 4.69) is 25.9 Å². The third-order valence-corrected chi connectivity index (χ3v) is 2.02. The van der Waals surface area contributed by atoms with E-state index in [-0.39, 0.29) is 10.1 Å². The van der Waals surface area contributed by atoms with Gasteiger partial charge in [0.2, 0.25) is 5.28 Å². The second-order valence-electron chi connectivity index (χ2n) is 1.82. The van der Waals surface area contributed by atoms with Crippen LogP contribution in [0.25, 0.3) is 0 Å². The monoisotopic (exact) mass is 234 g/mol. The normalized spacial score (nSPS) is 12.5. The largest absolute Gasteiger partial charge is 0.302 e. The van der Waals surface area contributed by atoms with Gasteiger partial charge in [-0.15, -0.1) is 0 Å². The highest BCUT2D eigenvalue weighted by atomic mass is 79.9.